The molecule has 1 aliphatic heterocycles. The lowest BCUT2D eigenvalue weighted by Gasteiger charge is -2.24. The van der Waals surface area contributed by atoms with Gasteiger partial charge in [-0.25, -0.2) is 14.8 Å². The Labute approximate surface area is 149 Å². The van der Waals surface area contributed by atoms with Crippen molar-refractivity contribution >= 4 is 29.1 Å². The highest BCUT2D eigenvalue weighted by Gasteiger charge is 2.21. The number of hydrogen-bond acceptors (Lipinski definition) is 8. The van der Waals surface area contributed by atoms with Crippen molar-refractivity contribution in [2.24, 2.45) is 0 Å². The lowest BCUT2D eigenvalue weighted by Crippen LogP contribution is -2.31. The van der Waals surface area contributed by atoms with E-state index in [1.807, 2.05) is 24.3 Å². The van der Waals surface area contributed by atoms with Crippen LogP contribution in [0.1, 0.15) is 22.3 Å². The molecule has 0 saturated carbocycles. The molecule has 9 heteroatoms. The smallest absolute Gasteiger partial charge is 0.360 e. The molecule has 0 unspecified atom stereocenters. The first-order chi connectivity index (χ1) is 12.2. The summed E-state index contributed by atoms with van der Waals surface area (Å²) >= 11 is 6.01. The van der Waals surface area contributed by atoms with E-state index in [1.54, 1.807) is 0 Å². The standard InChI is InChI=1S/C16H17ClN4O4/c1-23-15(22)13-14(19-7-6-18-13)21(10-17)20-12-4-2-11(3-5-12)16-24-8-9-25-16/h2-7,16,20H,8-10H2,1H3. The molecule has 1 aliphatic rings. The van der Waals surface area contributed by atoms with E-state index in [0.29, 0.717) is 13.2 Å². The summed E-state index contributed by atoms with van der Waals surface area (Å²) in [6.45, 7) is 1.18. The van der Waals surface area contributed by atoms with Gasteiger partial charge < -0.3 is 14.2 Å². The van der Waals surface area contributed by atoms with Crippen LogP contribution in [0.5, 0.6) is 0 Å². The molecule has 8 nitrogen and oxygen atoms in total. The average Bonchev–Trinajstić information content (AvgIpc) is 3.21. The highest BCUT2D eigenvalue weighted by molar-refractivity contribution is 6.19. The monoisotopic (exact) mass is 364 g/mol. The minimum absolute atomic E-state index is 0.0410. The number of carbonyl (C=O) groups is 1. The maximum absolute atomic E-state index is 11.8. The number of anilines is 2. The zero-order valence-electron chi connectivity index (χ0n) is 13.5. The maximum Gasteiger partial charge on any atom is 0.360 e. The Morgan fingerprint density at radius 1 is 1.28 bits per heavy atom. The Morgan fingerprint density at radius 2 is 1.96 bits per heavy atom. The van der Waals surface area contributed by atoms with Crippen molar-refractivity contribution in [2.75, 3.05) is 36.8 Å². The fourth-order valence-electron chi connectivity index (χ4n) is 2.33. The summed E-state index contributed by atoms with van der Waals surface area (Å²) in [5.74, 6) is -0.318. The average molecular weight is 365 g/mol. The second-order valence-electron chi connectivity index (χ2n) is 5.08. The number of rotatable bonds is 6. The van der Waals surface area contributed by atoms with Crippen LogP contribution in [0.3, 0.4) is 0 Å². The number of carbonyl (C=O) groups excluding carboxylic acids is 1. The quantitative estimate of drug-likeness (QED) is 0.362. The zero-order chi connectivity index (χ0) is 17.6. The van der Waals surface area contributed by atoms with Crippen molar-refractivity contribution < 1.29 is 19.0 Å². The van der Waals surface area contributed by atoms with Gasteiger partial charge in [-0.1, -0.05) is 12.1 Å². The van der Waals surface area contributed by atoms with Gasteiger partial charge in [0.15, 0.2) is 17.8 Å². The molecule has 2 heterocycles. The number of nitrogens with zero attached hydrogens (tertiary/aromatic N) is 3. The molecule has 0 spiro atoms. The zero-order valence-corrected chi connectivity index (χ0v) is 14.3. The third-order valence-electron chi connectivity index (χ3n) is 3.50. The number of benzene rings is 1. The van der Waals surface area contributed by atoms with Crippen molar-refractivity contribution in [1.82, 2.24) is 9.97 Å². The molecule has 0 bridgehead atoms. The predicted octanol–water partition coefficient (Wildman–Crippen LogP) is 2.34. The minimum atomic E-state index is -0.592. The van der Waals surface area contributed by atoms with Crippen LogP contribution in [-0.2, 0) is 14.2 Å². The van der Waals surface area contributed by atoms with E-state index in [0.717, 1.165) is 11.3 Å². The highest BCUT2D eigenvalue weighted by atomic mass is 35.5. The number of esters is 1. The Hall–Kier alpha value is -2.42. The molecule has 3 rings (SSSR count). The first-order valence-corrected chi connectivity index (χ1v) is 8.09. The SMILES string of the molecule is COC(=O)c1nccnc1N(CCl)Nc1ccc(C2OCCO2)cc1. The topological polar surface area (TPSA) is 85.8 Å². The Morgan fingerprint density at radius 3 is 2.60 bits per heavy atom. The number of methoxy groups -OCH3 is 1. The van der Waals surface area contributed by atoms with Gasteiger partial charge in [0.05, 0.1) is 26.0 Å². The van der Waals surface area contributed by atoms with Gasteiger partial charge in [0, 0.05) is 18.0 Å². The Bertz CT molecular complexity index is 722. The molecule has 0 aliphatic carbocycles. The van der Waals surface area contributed by atoms with Gasteiger partial charge in [-0.05, 0) is 12.1 Å². The summed E-state index contributed by atoms with van der Waals surface area (Å²) < 4.78 is 15.6. The van der Waals surface area contributed by atoms with E-state index in [4.69, 9.17) is 25.8 Å². The van der Waals surface area contributed by atoms with E-state index in [-0.39, 0.29) is 23.8 Å². The number of nitrogens with one attached hydrogen (secondary N) is 1. The van der Waals surface area contributed by atoms with Gasteiger partial charge in [-0.3, -0.25) is 10.4 Å². The first kappa shape index (κ1) is 17.4. The molecule has 132 valence electrons. The number of hydrazine groups is 1. The maximum atomic E-state index is 11.8. The van der Waals surface area contributed by atoms with E-state index in [1.165, 1.54) is 24.5 Å². The summed E-state index contributed by atoms with van der Waals surface area (Å²) in [6.07, 6.45) is 2.56. The molecule has 25 heavy (non-hydrogen) atoms. The summed E-state index contributed by atoms with van der Waals surface area (Å²) in [4.78, 5) is 20.0. The van der Waals surface area contributed by atoms with E-state index in [2.05, 4.69) is 15.4 Å². The number of hydrogen-bond donors (Lipinski definition) is 1. The molecule has 0 atom stereocenters. The van der Waals surface area contributed by atoms with Crippen LogP contribution in [-0.4, -0.2) is 42.3 Å². The van der Waals surface area contributed by atoms with Crippen molar-refractivity contribution in [1.29, 1.82) is 0 Å². The van der Waals surface area contributed by atoms with Crippen molar-refractivity contribution in [3.05, 3.63) is 47.9 Å². The van der Waals surface area contributed by atoms with Gasteiger partial charge >= 0.3 is 5.97 Å². The number of alkyl halides is 1. The lowest BCUT2D eigenvalue weighted by molar-refractivity contribution is -0.0441. The van der Waals surface area contributed by atoms with Crippen LogP contribution < -0.4 is 10.4 Å². The molecule has 0 amide bonds. The van der Waals surface area contributed by atoms with Gasteiger partial charge in [0.25, 0.3) is 0 Å². The minimum Gasteiger partial charge on any atom is -0.464 e. The van der Waals surface area contributed by atoms with Gasteiger partial charge in [0.2, 0.25) is 0 Å². The normalized spacial score (nSPS) is 14.3. The van der Waals surface area contributed by atoms with Crippen molar-refractivity contribution in [3.63, 3.8) is 0 Å². The fourth-order valence-corrected chi connectivity index (χ4v) is 2.50. The largest absolute Gasteiger partial charge is 0.464 e. The third-order valence-corrected chi connectivity index (χ3v) is 3.74. The van der Waals surface area contributed by atoms with E-state index < -0.39 is 5.97 Å². The van der Waals surface area contributed by atoms with Crippen LogP contribution in [0.25, 0.3) is 0 Å². The van der Waals surface area contributed by atoms with Crippen LogP contribution >= 0.6 is 11.6 Å². The molecule has 1 saturated heterocycles. The fraction of sp³-hybridized carbons (Fsp3) is 0.312. The summed E-state index contributed by atoms with van der Waals surface area (Å²) in [5, 5.41) is 1.50. The molecule has 1 aromatic carbocycles. The van der Waals surface area contributed by atoms with Crippen molar-refractivity contribution in [2.45, 2.75) is 6.29 Å². The predicted molar refractivity (Wildman–Crippen MR) is 91.3 cm³/mol. The molecule has 1 aromatic heterocycles. The second kappa shape index (κ2) is 8.11. The third kappa shape index (κ3) is 3.98. The van der Waals surface area contributed by atoms with E-state index >= 15 is 0 Å². The number of ether oxygens (including phenoxy) is 3. The van der Waals surface area contributed by atoms with Gasteiger partial charge in [0.1, 0.15) is 6.00 Å². The lowest BCUT2D eigenvalue weighted by atomic mass is 10.2. The number of halogens is 1. The second-order valence-corrected chi connectivity index (χ2v) is 5.31. The first-order valence-electron chi connectivity index (χ1n) is 7.55. The molecule has 0 radical (unpaired) electrons. The Kier molecular flexibility index (Phi) is 5.64. The van der Waals surface area contributed by atoms with Crippen LogP contribution in [0, 0.1) is 0 Å². The molecular weight excluding hydrogens is 348 g/mol. The summed E-state index contributed by atoms with van der Waals surface area (Å²) in [5.41, 5.74) is 4.84. The molecule has 1 N–H and O–H groups in total. The molecule has 1 fully saturated rings. The summed E-state index contributed by atoms with van der Waals surface area (Å²) in [6, 6.07) is 7.53. The Balaban J connectivity index is 1.77. The van der Waals surface area contributed by atoms with Crippen LogP contribution in [0.4, 0.5) is 11.5 Å². The molecule has 2 aromatic rings. The van der Waals surface area contributed by atoms with Crippen LogP contribution in [0.2, 0.25) is 0 Å². The van der Waals surface area contributed by atoms with Crippen molar-refractivity contribution in [3.8, 4) is 0 Å². The van der Waals surface area contributed by atoms with Gasteiger partial charge in [-0.15, -0.1) is 11.6 Å². The van der Waals surface area contributed by atoms with E-state index in [9.17, 15) is 4.79 Å². The number of aromatic nitrogens is 2. The van der Waals surface area contributed by atoms with Gasteiger partial charge in [-0.2, -0.15) is 0 Å². The van der Waals surface area contributed by atoms with Crippen LogP contribution in [0.15, 0.2) is 36.7 Å². The highest BCUT2D eigenvalue weighted by Crippen LogP contribution is 2.25. The summed E-state index contributed by atoms with van der Waals surface area (Å²) in [7, 11) is 1.28. The molecular formula is C16H17ClN4O4.